The van der Waals surface area contributed by atoms with Crippen LogP contribution in [0.15, 0.2) is 30.3 Å². The first-order chi connectivity index (χ1) is 9.16. The number of carbonyl (C=O) groups is 2. The van der Waals surface area contributed by atoms with E-state index in [0.717, 1.165) is 12.0 Å². The van der Waals surface area contributed by atoms with E-state index in [9.17, 15) is 9.59 Å². The number of rotatable bonds is 4. The maximum absolute atomic E-state index is 11.9. The van der Waals surface area contributed by atoms with Crippen molar-refractivity contribution in [2.24, 2.45) is 5.73 Å². The van der Waals surface area contributed by atoms with E-state index in [1.54, 1.807) is 0 Å². The molecule has 110 valence electrons. The molecule has 2 amide bonds. The molecule has 20 heavy (non-hydrogen) atoms. The number of nitrogens with one attached hydrogen (secondary N) is 2. The Morgan fingerprint density at radius 2 is 2.10 bits per heavy atom. The van der Waals surface area contributed by atoms with Gasteiger partial charge in [0.2, 0.25) is 11.8 Å². The molecule has 5 nitrogen and oxygen atoms in total. The zero-order chi connectivity index (χ0) is 13.7. The van der Waals surface area contributed by atoms with E-state index in [-0.39, 0.29) is 24.2 Å². The van der Waals surface area contributed by atoms with Crippen LogP contribution in [0.1, 0.15) is 18.4 Å². The highest BCUT2D eigenvalue weighted by molar-refractivity contribution is 5.90. The average Bonchev–Trinajstić information content (AvgIpc) is 2.42. The summed E-state index contributed by atoms with van der Waals surface area (Å²) >= 11 is 0. The standard InChI is InChI=1S/C14H19N3O2.ClH/c15-11(9-10-5-2-1-3-6-10)13(18)17-12-7-4-8-16-14(12)19;/h1-3,5-6,11-12H,4,7-9,15H2,(H,16,19)(H,17,18);1H/t11-,12?;/m0./s1. The molecule has 1 aliphatic rings. The Balaban J connectivity index is 0.00000200. The van der Waals surface area contributed by atoms with Gasteiger partial charge in [0.1, 0.15) is 6.04 Å². The molecule has 0 saturated carbocycles. The van der Waals surface area contributed by atoms with Gasteiger partial charge in [-0.1, -0.05) is 30.3 Å². The Morgan fingerprint density at radius 3 is 2.75 bits per heavy atom. The van der Waals surface area contributed by atoms with Gasteiger partial charge in [0, 0.05) is 6.54 Å². The monoisotopic (exact) mass is 297 g/mol. The Kier molecular flexibility index (Phi) is 6.48. The minimum Gasteiger partial charge on any atom is -0.354 e. The molecule has 1 aromatic carbocycles. The topological polar surface area (TPSA) is 84.2 Å². The van der Waals surface area contributed by atoms with Crippen LogP contribution in [0.4, 0.5) is 0 Å². The molecule has 6 heteroatoms. The average molecular weight is 298 g/mol. The summed E-state index contributed by atoms with van der Waals surface area (Å²) in [5.41, 5.74) is 6.88. The number of carbonyl (C=O) groups excluding carboxylic acids is 2. The summed E-state index contributed by atoms with van der Waals surface area (Å²) in [5, 5.41) is 5.44. The van der Waals surface area contributed by atoms with Gasteiger partial charge in [-0.05, 0) is 24.8 Å². The summed E-state index contributed by atoms with van der Waals surface area (Å²) in [4.78, 5) is 23.5. The fourth-order valence-electron chi connectivity index (χ4n) is 2.15. The predicted molar refractivity (Wildman–Crippen MR) is 79.5 cm³/mol. The van der Waals surface area contributed by atoms with Crippen LogP contribution in [-0.2, 0) is 16.0 Å². The van der Waals surface area contributed by atoms with Crippen LogP contribution < -0.4 is 16.4 Å². The first kappa shape index (κ1) is 16.5. The van der Waals surface area contributed by atoms with Crippen molar-refractivity contribution in [2.75, 3.05) is 6.54 Å². The fourth-order valence-corrected chi connectivity index (χ4v) is 2.15. The molecule has 2 rings (SSSR count). The predicted octanol–water partition coefficient (Wildman–Crippen LogP) is 0.373. The molecule has 1 fully saturated rings. The highest BCUT2D eigenvalue weighted by Crippen LogP contribution is 2.05. The van der Waals surface area contributed by atoms with Crippen molar-refractivity contribution in [1.82, 2.24) is 10.6 Å². The van der Waals surface area contributed by atoms with E-state index >= 15 is 0 Å². The third-order valence-corrected chi connectivity index (χ3v) is 3.24. The van der Waals surface area contributed by atoms with Gasteiger partial charge in [-0.15, -0.1) is 12.4 Å². The second kappa shape index (κ2) is 7.87. The molecule has 1 saturated heterocycles. The van der Waals surface area contributed by atoms with Crippen LogP contribution in [0, 0.1) is 0 Å². The second-order valence-corrected chi connectivity index (χ2v) is 4.79. The lowest BCUT2D eigenvalue weighted by molar-refractivity contribution is -0.130. The van der Waals surface area contributed by atoms with E-state index in [1.165, 1.54) is 0 Å². The summed E-state index contributed by atoms with van der Waals surface area (Å²) in [7, 11) is 0. The van der Waals surface area contributed by atoms with Gasteiger partial charge in [0.15, 0.2) is 0 Å². The van der Waals surface area contributed by atoms with E-state index in [2.05, 4.69) is 10.6 Å². The van der Waals surface area contributed by atoms with Crippen molar-refractivity contribution >= 4 is 24.2 Å². The quantitative estimate of drug-likeness (QED) is 0.751. The Morgan fingerprint density at radius 1 is 1.40 bits per heavy atom. The largest absolute Gasteiger partial charge is 0.354 e. The van der Waals surface area contributed by atoms with Crippen LogP contribution in [0.2, 0.25) is 0 Å². The van der Waals surface area contributed by atoms with E-state index in [4.69, 9.17) is 5.73 Å². The van der Waals surface area contributed by atoms with E-state index < -0.39 is 12.1 Å². The Bertz CT molecular complexity index is 453. The summed E-state index contributed by atoms with van der Waals surface area (Å²) in [6.45, 7) is 0.682. The fraction of sp³-hybridized carbons (Fsp3) is 0.429. The van der Waals surface area contributed by atoms with Crippen molar-refractivity contribution in [3.8, 4) is 0 Å². The van der Waals surface area contributed by atoms with Crippen molar-refractivity contribution in [2.45, 2.75) is 31.3 Å². The normalized spacial score (nSPS) is 19.4. The van der Waals surface area contributed by atoms with Crippen LogP contribution in [0.3, 0.4) is 0 Å². The number of piperidine rings is 1. The summed E-state index contributed by atoms with van der Waals surface area (Å²) in [5.74, 6) is -0.391. The van der Waals surface area contributed by atoms with Crippen LogP contribution in [0.25, 0.3) is 0 Å². The highest BCUT2D eigenvalue weighted by Gasteiger charge is 2.25. The van der Waals surface area contributed by atoms with Crippen LogP contribution in [-0.4, -0.2) is 30.4 Å². The molecule has 4 N–H and O–H groups in total. The second-order valence-electron chi connectivity index (χ2n) is 4.79. The van der Waals surface area contributed by atoms with Crippen molar-refractivity contribution in [1.29, 1.82) is 0 Å². The molecule has 0 aliphatic carbocycles. The van der Waals surface area contributed by atoms with Crippen LogP contribution in [0.5, 0.6) is 0 Å². The first-order valence-electron chi connectivity index (χ1n) is 6.54. The Labute approximate surface area is 124 Å². The van der Waals surface area contributed by atoms with Gasteiger partial charge in [-0.2, -0.15) is 0 Å². The van der Waals surface area contributed by atoms with Gasteiger partial charge in [0.25, 0.3) is 0 Å². The third kappa shape index (κ3) is 4.51. The molecule has 0 bridgehead atoms. The molecule has 1 heterocycles. The molecular formula is C14H20ClN3O2. The van der Waals surface area contributed by atoms with Gasteiger partial charge in [-0.3, -0.25) is 9.59 Å². The molecule has 0 aromatic heterocycles. The summed E-state index contributed by atoms with van der Waals surface area (Å²) in [6, 6.07) is 8.53. The molecule has 0 spiro atoms. The highest BCUT2D eigenvalue weighted by atomic mass is 35.5. The van der Waals surface area contributed by atoms with E-state index in [0.29, 0.717) is 19.4 Å². The zero-order valence-corrected chi connectivity index (χ0v) is 12.0. The maximum atomic E-state index is 11.9. The lowest BCUT2D eigenvalue weighted by Crippen LogP contribution is -2.54. The Hall–Kier alpha value is -1.59. The lowest BCUT2D eigenvalue weighted by atomic mass is 10.0. The number of hydrogen-bond acceptors (Lipinski definition) is 3. The first-order valence-corrected chi connectivity index (χ1v) is 6.54. The summed E-state index contributed by atoms with van der Waals surface area (Å²) in [6.07, 6.45) is 2.03. The third-order valence-electron chi connectivity index (χ3n) is 3.24. The van der Waals surface area contributed by atoms with Gasteiger partial charge >= 0.3 is 0 Å². The lowest BCUT2D eigenvalue weighted by Gasteiger charge is -2.24. The number of benzene rings is 1. The van der Waals surface area contributed by atoms with E-state index in [1.807, 2.05) is 30.3 Å². The molecule has 1 unspecified atom stereocenters. The number of amides is 2. The smallest absolute Gasteiger partial charge is 0.242 e. The molecule has 0 radical (unpaired) electrons. The summed E-state index contributed by atoms with van der Waals surface area (Å²) < 4.78 is 0. The molecule has 1 aromatic rings. The molecular weight excluding hydrogens is 278 g/mol. The number of hydrogen-bond donors (Lipinski definition) is 3. The zero-order valence-electron chi connectivity index (χ0n) is 11.2. The minimum atomic E-state index is -0.628. The van der Waals surface area contributed by atoms with Crippen LogP contribution >= 0.6 is 12.4 Å². The van der Waals surface area contributed by atoms with Gasteiger partial charge < -0.3 is 16.4 Å². The minimum absolute atomic E-state index is 0. The SMILES string of the molecule is Cl.N[C@@H](Cc1ccccc1)C(=O)NC1CCCNC1=O. The maximum Gasteiger partial charge on any atom is 0.242 e. The molecule has 1 aliphatic heterocycles. The van der Waals surface area contributed by atoms with Crippen molar-refractivity contribution in [3.63, 3.8) is 0 Å². The number of nitrogens with two attached hydrogens (primary N) is 1. The molecule has 2 atom stereocenters. The van der Waals surface area contributed by atoms with Gasteiger partial charge in [-0.25, -0.2) is 0 Å². The number of halogens is 1. The van der Waals surface area contributed by atoms with Crippen molar-refractivity contribution < 1.29 is 9.59 Å². The van der Waals surface area contributed by atoms with Gasteiger partial charge in [0.05, 0.1) is 6.04 Å². The van der Waals surface area contributed by atoms with Crippen molar-refractivity contribution in [3.05, 3.63) is 35.9 Å².